The number of hydrogen-bond acceptors (Lipinski definition) is 3. The fraction of sp³-hybridized carbons (Fsp3) is 0.235. The second kappa shape index (κ2) is 5.97. The van der Waals surface area contributed by atoms with Gasteiger partial charge in [0.2, 0.25) is 5.91 Å². The highest BCUT2D eigenvalue weighted by Gasteiger charge is 2.31. The number of nitrogens with one attached hydrogen (secondary N) is 1. The molecule has 2 aromatic carbocycles. The highest BCUT2D eigenvalue weighted by atomic mass is 16.5. The summed E-state index contributed by atoms with van der Waals surface area (Å²) in [5.41, 5.74) is 1.79. The van der Waals surface area contributed by atoms with Gasteiger partial charge in [0.05, 0.1) is 12.5 Å². The normalized spacial score (nSPS) is 13.0. The van der Waals surface area contributed by atoms with Crippen molar-refractivity contribution in [1.82, 2.24) is 5.32 Å². The fourth-order valence-electron chi connectivity index (χ4n) is 2.57. The van der Waals surface area contributed by atoms with Gasteiger partial charge in [-0.2, -0.15) is 0 Å². The molecule has 0 fully saturated rings. The van der Waals surface area contributed by atoms with E-state index in [1.54, 1.807) is 7.11 Å². The van der Waals surface area contributed by atoms with Gasteiger partial charge < -0.3 is 14.8 Å². The SMILES string of the molecule is COCCNC(=O)C1c2ccccc2Oc2ccccc21. The highest BCUT2D eigenvalue weighted by molar-refractivity contribution is 5.89. The van der Waals surface area contributed by atoms with E-state index in [1.807, 2.05) is 48.5 Å². The minimum atomic E-state index is -0.344. The van der Waals surface area contributed by atoms with Crippen LogP contribution in [0.15, 0.2) is 48.5 Å². The van der Waals surface area contributed by atoms with Crippen molar-refractivity contribution in [2.24, 2.45) is 0 Å². The van der Waals surface area contributed by atoms with E-state index >= 15 is 0 Å². The number of rotatable bonds is 4. The van der Waals surface area contributed by atoms with Crippen LogP contribution in [0.3, 0.4) is 0 Å². The molecule has 108 valence electrons. The third kappa shape index (κ3) is 2.62. The number of benzene rings is 2. The van der Waals surface area contributed by atoms with Crippen LogP contribution in [0.5, 0.6) is 11.5 Å². The van der Waals surface area contributed by atoms with Gasteiger partial charge in [-0.15, -0.1) is 0 Å². The van der Waals surface area contributed by atoms with Crippen molar-refractivity contribution in [1.29, 1.82) is 0 Å². The van der Waals surface area contributed by atoms with E-state index in [4.69, 9.17) is 9.47 Å². The molecule has 3 rings (SSSR count). The molecule has 21 heavy (non-hydrogen) atoms. The average molecular weight is 283 g/mol. The van der Waals surface area contributed by atoms with Gasteiger partial charge in [-0.05, 0) is 12.1 Å². The van der Waals surface area contributed by atoms with Crippen molar-refractivity contribution in [2.75, 3.05) is 20.3 Å². The predicted octanol–water partition coefficient (Wildman–Crippen LogP) is 2.69. The Bertz CT molecular complexity index is 608. The molecule has 1 aliphatic rings. The quantitative estimate of drug-likeness (QED) is 0.878. The van der Waals surface area contributed by atoms with Crippen LogP contribution in [0.4, 0.5) is 0 Å². The van der Waals surface area contributed by atoms with E-state index in [-0.39, 0.29) is 11.8 Å². The largest absolute Gasteiger partial charge is 0.457 e. The summed E-state index contributed by atoms with van der Waals surface area (Å²) in [4.78, 5) is 12.6. The van der Waals surface area contributed by atoms with Crippen LogP contribution >= 0.6 is 0 Å². The third-order valence-corrected chi connectivity index (χ3v) is 3.55. The van der Waals surface area contributed by atoms with Crippen molar-refractivity contribution in [3.63, 3.8) is 0 Å². The van der Waals surface area contributed by atoms with Crippen molar-refractivity contribution in [2.45, 2.75) is 5.92 Å². The van der Waals surface area contributed by atoms with Crippen LogP contribution in [0.2, 0.25) is 0 Å². The number of carbonyl (C=O) groups excluding carboxylic acids is 1. The van der Waals surface area contributed by atoms with E-state index in [9.17, 15) is 4.79 Å². The molecule has 1 aliphatic heterocycles. The second-order valence-electron chi connectivity index (χ2n) is 4.89. The van der Waals surface area contributed by atoms with E-state index in [1.165, 1.54) is 0 Å². The Hall–Kier alpha value is -2.33. The van der Waals surface area contributed by atoms with Gasteiger partial charge in [0.1, 0.15) is 11.5 Å². The standard InChI is InChI=1S/C17H17NO3/c1-20-11-10-18-17(19)16-12-6-2-4-8-14(12)21-15-9-5-3-7-13(15)16/h2-9,16H,10-11H2,1H3,(H,18,19). The Morgan fingerprint density at radius 1 is 1.10 bits per heavy atom. The molecule has 2 aromatic rings. The van der Waals surface area contributed by atoms with Crippen LogP contribution < -0.4 is 10.1 Å². The summed E-state index contributed by atoms with van der Waals surface area (Å²) >= 11 is 0. The van der Waals surface area contributed by atoms with Gasteiger partial charge in [0.15, 0.2) is 0 Å². The van der Waals surface area contributed by atoms with Crippen LogP contribution in [0.25, 0.3) is 0 Å². The maximum absolute atomic E-state index is 12.6. The molecule has 0 radical (unpaired) electrons. The first kappa shape index (κ1) is 13.6. The molecule has 0 unspecified atom stereocenters. The fourth-order valence-corrected chi connectivity index (χ4v) is 2.57. The first-order valence-electron chi connectivity index (χ1n) is 6.93. The van der Waals surface area contributed by atoms with Gasteiger partial charge >= 0.3 is 0 Å². The van der Waals surface area contributed by atoms with Crippen molar-refractivity contribution >= 4 is 5.91 Å². The predicted molar refractivity (Wildman–Crippen MR) is 79.7 cm³/mol. The van der Waals surface area contributed by atoms with Crippen LogP contribution in [0, 0.1) is 0 Å². The summed E-state index contributed by atoms with van der Waals surface area (Å²) in [6.45, 7) is 0.995. The number of methoxy groups -OCH3 is 1. The Balaban J connectivity index is 1.96. The smallest absolute Gasteiger partial charge is 0.232 e. The minimum absolute atomic E-state index is 0.0322. The van der Waals surface area contributed by atoms with Crippen LogP contribution in [0.1, 0.15) is 17.0 Å². The summed E-state index contributed by atoms with van der Waals surface area (Å²) in [5, 5.41) is 2.92. The Morgan fingerprint density at radius 2 is 1.67 bits per heavy atom. The molecule has 1 heterocycles. The van der Waals surface area contributed by atoms with Crippen molar-refractivity contribution in [3.8, 4) is 11.5 Å². The van der Waals surface area contributed by atoms with Crippen LogP contribution in [-0.4, -0.2) is 26.2 Å². The molecular formula is C17H17NO3. The monoisotopic (exact) mass is 283 g/mol. The third-order valence-electron chi connectivity index (χ3n) is 3.55. The zero-order valence-electron chi connectivity index (χ0n) is 11.8. The maximum Gasteiger partial charge on any atom is 0.232 e. The van der Waals surface area contributed by atoms with E-state index in [0.717, 1.165) is 22.6 Å². The van der Waals surface area contributed by atoms with Crippen LogP contribution in [-0.2, 0) is 9.53 Å². The molecule has 4 nitrogen and oxygen atoms in total. The lowest BCUT2D eigenvalue weighted by molar-refractivity contribution is -0.122. The van der Waals surface area contributed by atoms with Gasteiger partial charge in [0, 0.05) is 24.8 Å². The molecule has 1 amide bonds. The summed E-state index contributed by atoms with van der Waals surface area (Å²) < 4.78 is 10.9. The summed E-state index contributed by atoms with van der Waals surface area (Å²) in [7, 11) is 1.62. The molecular weight excluding hydrogens is 266 g/mol. The molecule has 0 bridgehead atoms. The lowest BCUT2D eigenvalue weighted by Crippen LogP contribution is -2.33. The lowest BCUT2D eigenvalue weighted by Gasteiger charge is -2.27. The first-order chi connectivity index (χ1) is 10.3. The minimum Gasteiger partial charge on any atom is -0.457 e. The molecule has 0 saturated carbocycles. The number of fused-ring (bicyclic) bond motifs is 2. The lowest BCUT2D eigenvalue weighted by atomic mass is 9.87. The number of carbonyl (C=O) groups is 1. The molecule has 0 spiro atoms. The topological polar surface area (TPSA) is 47.6 Å². The van der Waals surface area contributed by atoms with E-state index < -0.39 is 0 Å². The number of hydrogen-bond donors (Lipinski definition) is 1. The van der Waals surface area contributed by atoms with Gasteiger partial charge in [0.25, 0.3) is 0 Å². The zero-order chi connectivity index (χ0) is 14.7. The number of para-hydroxylation sites is 2. The van der Waals surface area contributed by atoms with Gasteiger partial charge in [-0.3, -0.25) is 4.79 Å². The molecule has 0 saturated heterocycles. The Morgan fingerprint density at radius 3 is 2.24 bits per heavy atom. The van der Waals surface area contributed by atoms with Gasteiger partial charge in [-0.25, -0.2) is 0 Å². The second-order valence-corrected chi connectivity index (χ2v) is 4.89. The molecule has 0 atom stereocenters. The summed E-state index contributed by atoms with van der Waals surface area (Å²) in [6, 6.07) is 15.3. The molecule has 4 heteroatoms. The maximum atomic E-state index is 12.6. The highest BCUT2D eigenvalue weighted by Crippen LogP contribution is 2.43. The Kier molecular flexibility index (Phi) is 3.88. The zero-order valence-corrected chi connectivity index (χ0v) is 11.8. The average Bonchev–Trinajstić information content (AvgIpc) is 2.52. The van der Waals surface area contributed by atoms with Crippen molar-refractivity contribution in [3.05, 3.63) is 59.7 Å². The van der Waals surface area contributed by atoms with Crippen molar-refractivity contribution < 1.29 is 14.3 Å². The summed E-state index contributed by atoms with van der Waals surface area (Å²) in [6.07, 6.45) is 0. The molecule has 1 N–H and O–H groups in total. The van der Waals surface area contributed by atoms with E-state index in [2.05, 4.69) is 5.32 Å². The first-order valence-corrected chi connectivity index (χ1v) is 6.93. The van der Waals surface area contributed by atoms with E-state index in [0.29, 0.717) is 13.2 Å². The van der Waals surface area contributed by atoms with Gasteiger partial charge in [-0.1, -0.05) is 36.4 Å². The summed E-state index contributed by atoms with van der Waals surface area (Å²) in [5.74, 6) is 1.10. The molecule has 0 aromatic heterocycles. The number of amides is 1. The Labute approximate surface area is 123 Å². The number of ether oxygens (including phenoxy) is 2. The molecule has 0 aliphatic carbocycles.